The minimum absolute atomic E-state index is 0. The third kappa shape index (κ3) is 22.1. The van der Waals surface area contributed by atoms with Gasteiger partial charge in [-0.15, -0.1) is 0 Å². The maximum absolute atomic E-state index is 10.3. The first-order valence-electron chi connectivity index (χ1n) is 8.29. The Morgan fingerprint density at radius 3 is 1.90 bits per heavy atom. The molecular weight excluding hydrogens is 273 g/mol. The van der Waals surface area contributed by atoms with Crippen molar-refractivity contribution in [2.24, 2.45) is 0 Å². The molecule has 0 aromatic heterocycles. The minimum Gasteiger partial charge on any atom is -0.481 e. The van der Waals surface area contributed by atoms with Crippen LogP contribution in [0.5, 0.6) is 0 Å². The van der Waals surface area contributed by atoms with Crippen LogP contribution in [0.25, 0.3) is 0 Å². The second-order valence-corrected chi connectivity index (χ2v) is 5.37. The Hall–Kier alpha value is -0.284. The molecule has 0 aliphatic rings. The van der Waals surface area contributed by atoms with E-state index in [1.165, 1.54) is 44.9 Å². The number of hydrogen-bond donors (Lipinski definition) is 1. The first-order valence-corrected chi connectivity index (χ1v) is 8.29. The molecule has 1 N–H and O–H groups in total. The zero-order chi connectivity index (χ0) is 14.9. The third-order valence-electron chi connectivity index (χ3n) is 3.34. The quantitative estimate of drug-likeness (QED) is 0.279. The van der Waals surface area contributed by atoms with Crippen molar-refractivity contribution in [3.8, 4) is 0 Å². The number of unbranched alkanes of at least 4 members (excludes halogenated alkanes) is 8. The summed E-state index contributed by atoms with van der Waals surface area (Å²) in [5, 5.41) is 8.50. The topological polar surface area (TPSA) is 37.3 Å². The van der Waals surface area contributed by atoms with E-state index in [0.29, 0.717) is 6.42 Å². The smallest absolute Gasteiger partial charge is 0.316 e. The molecule has 0 unspecified atom stereocenters. The van der Waals surface area contributed by atoms with Crippen LogP contribution in [0.15, 0.2) is 24.3 Å². The molecular formula is C18H34MgO2. The Bertz CT molecular complexity index is 272. The fourth-order valence-electron chi connectivity index (χ4n) is 2.09. The molecule has 0 aliphatic heterocycles. The Labute approximate surface area is 147 Å². The number of aliphatic carboxylic acids is 1. The second kappa shape index (κ2) is 19.7. The molecule has 0 heterocycles. The van der Waals surface area contributed by atoms with Gasteiger partial charge in [0.1, 0.15) is 0 Å². The third-order valence-corrected chi connectivity index (χ3v) is 3.34. The molecule has 0 saturated heterocycles. The summed E-state index contributed by atoms with van der Waals surface area (Å²) in [4.78, 5) is 10.3. The lowest BCUT2D eigenvalue weighted by molar-refractivity contribution is -0.137. The predicted molar refractivity (Wildman–Crippen MR) is 95.5 cm³/mol. The molecule has 0 spiro atoms. The largest absolute Gasteiger partial charge is 0.481 e. The van der Waals surface area contributed by atoms with E-state index in [4.69, 9.17) is 5.11 Å². The van der Waals surface area contributed by atoms with Gasteiger partial charge < -0.3 is 5.11 Å². The van der Waals surface area contributed by atoms with E-state index < -0.39 is 5.97 Å². The number of rotatable bonds is 14. The van der Waals surface area contributed by atoms with Crippen molar-refractivity contribution in [1.29, 1.82) is 0 Å². The normalized spacial score (nSPS) is 11.1. The van der Waals surface area contributed by atoms with Gasteiger partial charge in [0.25, 0.3) is 0 Å². The lowest BCUT2D eigenvalue weighted by atomic mass is 10.1. The summed E-state index contributed by atoms with van der Waals surface area (Å²) in [7, 11) is 0. The molecule has 2 nitrogen and oxygen atoms in total. The van der Waals surface area contributed by atoms with Crippen molar-refractivity contribution in [2.75, 3.05) is 0 Å². The molecule has 0 amide bonds. The van der Waals surface area contributed by atoms with Crippen LogP contribution in [0, 0.1) is 0 Å². The van der Waals surface area contributed by atoms with Crippen LogP contribution in [0.3, 0.4) is 0 Å². The van der Waals surface area contributed by atoms with E-state index in [9.17, 15) is 4.79 Å². The van der Waals surface area contributed by atoms with E-state index in [-0.39, 0.29) is 23.1 Å². The molecule has 21 heavy (non-hydrogen) atoms. The van der Waals surface area contributed by atoms with Crippen molar-refractivity contribution in [2.45, 2.75) is 84.0 Å². The van der Waals surface area contributed by atoms with E-state index >= 15 is 0 Å². The highest BCUT2D eigenvalue weighted by atomic mass is 24.3. The first-order chi connectivity index (χ1) is 9.77. The Kier molecular flexibility index (Phi) is 21.6. The highest BCUT2D eigenvalue weighted by molar-refractivity contribution is 5.75. The fourth-order valence-corrected chi connectivity index (χ4v) is 2.09. The van der Waals surface area contributed by atoms with Crippen LogP contribution >= 0.6 is 0 Å². The first kappa shape index (κ1) is 23.0. The van der Waals surface area contributed by atoms with Crippen LogP contribution in [0.2, 0.25) is 0 Å². The number of carbonyl (C=O) groups is 1. The van der Waals surface area contributed by atoms with Gasteiger partial charge in [0.2, 0.25) is 0 Å². The summed E-state index contributed by atoms with van der Waals surface area (Å²) in [6.45, 7) is 2.23. The van der Waals surface area contributed by atoms with Crippen LogP contribution in [-0.2, 0) is 4.79 Å². The van der Waals surface area contributed by atoms with Crippen LogP contribution in [-0.4, -0.2) is 34.1 Å². The zero-order valence-corrected chi connectivity index (χ0v) is 13.2. The van der Waals surface area contributed by atoms with Crippen molar-refractivity contribution in [3.63, 3.8) is 0 Å². The van der Waals surface area contributed by atoms with Gasteiger partial charge in [-0.05, 0) is 38.5 Å². The van der Waals surface area contributed by atoms with Crippen molar-refractivity contribution < 1.29 is 9.90 Å². The number of hydrogen-bond acceptors (Lipinski definition) is 1. The molecule has 120 valence electrons. The molecule has 0 atom stereocenters. The van der Waals surface area contributed by atoms with Gasteiger partial charge in [0.15, 0.2) is 0 Å². The van der Waals surface area contributed by atoms with Gasteiger partial charge >= 0.3 is 29.0 Å². The summed E-state index contributed by atoms with van der Waals surface area (Å²) >= 11 is 0. The summed E-state index contributed by atoms with van der Waals surface area (Å²) in [5.41, 5.74) is 0. The highest BCUT2D eigenvalue weighted by Crippen LogP contribution is 2.08. The second-order valence-electron chi connectivity index (χ2n) is 5.37. The lowest BCUT2D eigenvalue weighted by Gasteiger charge is -1.98. The summed E-state index contributed by atoms with van der Waals surface area (Å²) < 4.78 is 0. The van der Waals surface area contributed by atoms with Gasteiger partial charge in [-0.2, -0.15) is 0 Å². The standard InChI is InChI=1S/C18H32O2.Mg.2H/c1-2-3-4-5-6-7-8-9-10-11-12-13-14-15-16-17-18(19)20;;;/h6-7,9-10H,2-5,8,11-17H2,1H3,(H,19,20);;;/b7-6-,10-9-;;;. The fraction of sp³-hybridized carbons (Fsp3) is 0.722. The zero-order valence-electron chi connectivity index (χ0n) is 13.2. The Balaban J connectivity index is 0. The average Bonchev–Trinajstić information content (AvgIpc) is 2.43. The molecule has 3 heteroatoms. The average molecular weight is 307 g/mol. The number of carboxylic acid groups (broad SMARTS) is 1. The number of allylic oxidation sites excluding steroid dienone is 4. The summed E-state index contributed by atoms with van der Waals surface area (Å²) in [5.74, 6) is -0.671. The Morgan fingerprint density at radius 1 is 0.810 bits per heavy atom. The maximum Gasteiger partial charge on any atom is 0.316 e. The monoisotopic (exact) mass is 306 g/mol. The SMILES string of the molecule is CCCCC/C=C\C/C=C\CCCCCCCC(=O)O.[MgH2]. The molecule has 0 aliphatic carbocycles. The van der Waals surface area contributed by atoms with Gasteiger partial charge in [0, 0.05) is 6.42 Å². The Morgan fingerprint density at radius 2 is 1.33 bits per heavy atom. The molecule has 0 rings (SSSR count). The van der Waals surface area contributed by atoms with Crippen LogP contribution < -0.4 is 0 Å². The van der Waals surface area contributed by atoms with Gasteiger partial charge in [0.05, 0.1) is 0 Å². The molecule has 0 saturated carbocycles. The highest BCUT2D eigenvalue weighted by Gasteiger charge is 1.95. The summed E-state index contributed by atoms with van der Waals surface area (Å²) in [6, 6.07) is 0. The van der Waals surface area contributed by atoms with Crippen molar-refractivity contribution in [1.82, 2.24) is 0 Å². The van der Waals surface area contributed by atoms with Gasteiger partial charge in [-0.3, -0.25) is 4.79 Å². The van der Waals surface area contributed by atoms with E-state index in [2.05, 4.69) is 31.2 Å². The van der Waals surface area contributed by atoms with Gasteiger partial charge in [-0.1, -0.05) is 63.3 Å². The molecule has 0 radical (unpaired) electrons. The maximum atomic E-state index is 10.3. The lowest BCUT2D eigenvalue weighted by Crippen LogP contribution is -1.93. The predicted octanol–water partition coefficient (Wildman–Crippen LogP) is 4.97. The van der Waals surface area contributed by atoms with E-state index in [0.717, 1.165) is 25.7 Å². The van der Waals surface area contributed by atoms with Crippen LogP contribution in [0.1, 0.15) is 84.0 Å². The number of carboxylic acids is 1. The van der Waals surface area contributed by atoms with Crippen molar-refractivity contribution >= 4 is 29.0 Å². The summed E-state index contributed by atoms with van der Waals surface area (Å²) in [6.07, 6.45) is 22.3. The van der Waals surface area contributed by atoms with Crippen molar-refractivity contribution in [3.05, 3.63) is 24.3 Å². The van der Waals surface area contributed by atoms with Gasteiger partial charge in [-0.25, -0.2) is 0 Å². The van der Waals surface area contributed by atoms with E-state index in [1.54, 1.807) is 0 Å². The minimum atomic E-state index is -0.671. The molecule has 0 aromatic carbocycles. The van der Waals surface area contributed by atoms with Crippen LogP contribution in [0.4, 0.5) is 0 Å². The molecule has 0 fully saturated rings. The molecule has 0 aromatic rings. The molecule has 0 bridgehead atoms. The van der Waals surface area contributed by atoms with E-state index in [1.807, 2.05) is 0 Å².